The minimum absolute atomic E-state index is 0.0650. The van der Waals surface area contributed by atoms with Gasteiger partial charge < -0.3 is 9.84 Å². The van der Waals surface area contributed by atoms with Crippen LogP contribution in [0.5, 0.6) is 0 Å². The van der Waals surface area contributed by atoms with Gasteiger partial charge in [-0.2, -0.15) is 0 Å². The number of fused-ring (bicyclic) bond motifs is 1. The Bertz CT molecular complexity index is 487. The van der Waals surface area contributed by atoms with E-state index in [1.54, 1.807) is 19.1 Å². The molecule has 1 aromatic rings. The topological polar surface area (TPSA) is 46.5 Å². The maximum atomic E-state index is 11.5. The Labute approximate surface area is 116 Å². The molecule has 0 fully saturated rings. The molecule has 0 saturated heterocycles. The van der Waals surface area contributed by atoms with Crippen molar-refractivity contribution in [1.82, 2.24) is 0 Å². The summed E-state index contributed by atoms with van der Waals surface area (Å²) in [6, 6.07) is 3.33. The third-order valence-electron chi connectivity index (χ3n) is 3.19. The summed E-state index contributed by atoms with van der Waals surface area (Å²) in [6.45, 7) is 2.04. The molecule has 1 aromatic carbocycles. The summed E-state index contributed by atoms with van der Waals surface area (Å²) in [5.74, 6) is -0.413. The molecule has 0 spiro atoms. The molecule has 98 valence electrons. The number of halogens is 2. The van der Waals surface area contributed by atoms with Crippen molar-refractivity contribution in [3.05, 3.63) is 33.3 Å². The van der Waals surface area contributed by atoms with E-state index in [0.29, 0.717) is 35.1 Å². The van der Waals surface area contributed by atoms with Crippen molar-refractivity contribution in [2.24, 2.45) is 0 Å². The second kappa shape index (κ2) is 5.08. The van der Waals surface area contributed by atoms with Crippen molar-refractivity contribution in [3.63, 3.8) is 0 Å². The molecule has 0 aliphatic heterocycles. The first-order chi connectivity index (χ1) is 8.46. The molecule has 1 N–H and O–H groups in total. The summed E-state index contributed by atoms with van der Waals surface area (Å²) in [5, 5.41) is 11.6. The molecule has 0 aromatic heterocycles. The normalized spacial score (nSPS) is 21.8. The van der Waals surface area contributed by atoms with Crippen LogP contribution >= 0.6 is 23.2 Å². The second-order valence-corrected chi connectivity index (χ2v) is 5.27. The number of aliphatic hydroxyl groups is 1. The van der Waals surface area contributed by atoms with Crippen LogP contribution in [0, 0.1) is 0 Å². The highest BCUT2D eigenvalue weighted by Crippen LogP contribution is 2.43. The van der Waals surface area contributed by atoms with Gasteiger partial charge in [-0.15, -0.1) is 0 Å². The molecule has 1 aliphatic rings. The molecule has 0 heterocycles. The van der Waals surface area contributed by atoms with Crippen LogP contribution in [0.25, 0.3) is 0 Å². The van der Waals surface area contributed by atoms with E-state index in [0.717, 1.165) is 5.56 Å². The summed E-state index contributed by atoms with van der Waals surface area (Å²) in [7, 11) is 0. The van der Waals surface area contributed by atoms with E-state index < -0.39 is 11.6 Å². The summed E-state index contributed by atoms with van der Waals surface area (Å²) in [5.41, 5.74) is 0.303. The molecule has 5 heteroatoms. The third-order valence-corrected chi connectivity index (χ3v) is 3.75. The Morgan fingerprint density at radius 1 is 1.50 bits per heavy atom. The van der Waals surface area contributed by atoms with Gasteiger partial charge in [0.15, 0.2) is 0 Å². The first kappa shape index (κ1) is 13.7. The zero-order chi connectivity index (χ0) is 13.3. The molecular weight excluding hydrogens is 275 g/mol. The number of benzene rings is 1. The summed E-state index contributed by atoms with van der Waals surface area (Å²) in [4.78, 5) is 11.5. The maximum absolute atomic E-state index is 11.5. The van der Waals surface area contributed by atoms with Crippen LogP contribution in [0.15, 0.2) is 12.1 Å². The van der Waals surface area contributed by atoms with Crippen LogP contribution in [-0.4, -0.2) is 17.7 Å². The van der Waals surface area contributed by atoms with Crippen molar-refractivity contribution in [2.75, 3.05) is 6.61 Å². The van der Waals surface area contributed by atoms with E-state index in [1.807, 2.05) is 0 Å². The van der Waals surface area contributed by atoms with Gasteiger partial charge in [-0.25, -0.2) is 0 Å². The van der Waals surface area contributed by atoms with Gasteiger partial charge in [-0.05, 0) is 43.0 Å². The fourth-order valence-electron chi connectivity index (χ4n) is 2.37. The van der Waals surface area contributed by atoms with Gasteiger partial charge in [0.1, 0.15) is 5.60 Å². The quantitative estimate of drug-likeness (QED) is 0.870. The number of hydrogen-bond donors (Lipinski definition) is 1. The van der Waals surface area contributed by atoms with Gasteiger partial charge in [0.05, 0.1) is 13.0 Å². The second-order valence-electron chi connectivity index (χ2n) is 4.43. The highest BCUT2D eigenvalue weighted by molar-refractivity contribution is 6.35. The van der Waals surface area contributed by atoms with Crippen LogP contribution < -0.4 is 0 Å². The van der Waals surface area contributed by atoms with Gasteiger partial charge in [0.25, 0.3) is 0 Å². The Hall–Kier alpha value is -0.770. The maximum Gasteiger partial charge on any atom is 0.309 e. The molecule has 0 bridgehead atoms. The highest BCUT2D eigenvalue weighted by Gasteiger charge is 2.40. The molecule has 1 atom stereocenters. The number of hydrogen-bond acceptors (Lipinski definition) is 3. The van der Waals surface area contributed by atoms with Crippen LogP contribution in [0.1, 0.15) is 30.9 Å². The molecule has 0 radical (unpaired) electrons. The van der Waals surface area contributed by atoms with Gasteiger partial charge in [-0.1, -0.05) is 23.2 Å². The van der Waals surface area contributed by atoms with Gasteiger partial charge >= 0.3 is 5.97 Å². The standard InChI is InChI=1S/C13H14Cl2O3/c1-2-18-12(16)7-13(17)4-3-9-10(13)5-8(14)6-11(9)15/h5-6,17H,2-4,7H2,1H3. The molecular formula is C13H14Cl2O3. The zero-order valence-corrected chi connectivity index (χ0v) is 11.5. The van der Waals surface area contributed by atoms with Gasteiger partial charge in [0.2, 0.25) is 0 Å². The highest BCUT2D eigenvalue weighted by atomic mass is 35.5. The monoisotopic (exact) mass is 288 g/mol. The van der Waals surface area contributed by atoms with Crippen LogP contribution in [0.4, 0.5) is 0 Å². The average molecular weight is 289 g/mol. The number of ether oxygens (including phenoxy) is 1. The minimum atomic E-state index is -1.21. The lowest BCUT2D eigenvalue weighted by atomic mass is 9.92. The summed E-state index contributed by atoms with van der Waals surface area (Å²) in [6.07, 6.45) is 1.03. The van der Waals surface area contributed by atoms with Crippen LogP contribution in [0.3, 0.4) is 0 Å². The smallest absolute Gasteiger partial charge is 0.309 e. The number of esters is 1. The fourth-order valence-corrected chi connectivity index (χ4v) is 2.96. The molecule has 2 rings (SSSR count). The van der Waals surface area contributed by atoms with Crippen LogP contribution in [0.2, 0.25) is 10.0 Å². The van der Waals surface area contributed by atoms with Crippen molar-refractivity contribution < 1.29 is 14.6 Å². The number of carbonyl (C=O) groups is 1. The average Bonchev–Trinajstić information content (AvgIpc) is 2.57. The lowest BCUT2D eigenvalue weighted by Gasteiger charge is -2.23. The Morgan fingerprint density at radius 2 is 2.22 bits per heavy atom. The predicted molar refractivity (Wildman–Crippen MR) is 69.9 cm³/mol. The SMILES string of the molecule is CCOC(=O)CC1(O)CCc2c(Cl)cc(Cl)cc21. The summed E-state index contributed by atoms with van der Waals surface area (Å²) >= 11 is 12.0. The molecule has 1 unspecified atom stereocenters. The van der Waals surface area contributed by atoms with Crippen LogP contribution in [-0.2, 0) is 21.6 Å². The van der Waals surface area contributed by atoms with E-state index in [-0.39, 0.29) is 6.42 Å². The Morgan fingerprint density at radius 3 is 2.89 bits per heavy atom. The molecule has 3 nitrogen and oxygen atoms in total. The fraction of sp³-hybridized carbons (Fsp3) is 0.462. The third kappa shape index (κ3) is 2.48. The van der Waals surface area contributed by atoms with Crippen molar-refractivity contribution in [3.8, 4) is 0 Å². The molecule has 1 aliphatic carbocycles. The Kier molecular flexibility index (Phi) is 3.85. The van der Waals surface area contributed by atoms with E-state index >= 15 is 0 Å². The van der Waals surface area contributed by atoms with Crippen molar-refractivity contribution in [2.45, 2.75) is 31.8 Å². The first-order valence-corrected chi connectivity index (χ1v) is 6.58. The zero-order valence-electron chi connectivity index (χ0n) is 10.0. The first-order valence-electron chi connectivity index (χ1n) is 5.82. The number of rotatable bonds is 3. The molecule has 18 heavy (non-hydrogen) atoms. The largest absolute Gasteiger partial charge is 0.466 e. The lowest BCUT2D eigenvalue weighted by Crippen LogP contribution is -2.27. The van der Waals surface area contributed by atoms with E-state index in [1.165, 1.54) is 0 Å². The summed E-state index contributed by atoms with van der Waals surface area (Å²) < 4.78 is 4.88. The van der Waals surface area contributed by atoms with Gasteiger partial charge in [0, 0.05) is 10.0 Å². The Balaban J connectivity index is 2.32. The van der Waals surface area contributed by atoms with Crippen molar-refractivity contribution >= 4 is 29.2 Å². The number of carbonyl (C=O) groups excluding carboxylic acids is 1. The van der Waals surface area contributed by atoms with Crippen molar-refractivity contribution in [1.29, 1.82) is 0 Å². The van der Waals surface area contributed by atoms with E-state index in [9.17, 15) is 9.90 Å². The minimum Gasteiger partial charge on any atom is -0.466 e. The van der Waals surface area contributed by atoms with E-state index in [4.69, 9.17) is 27.9 Å². The lowest BCUT2D eigenvalue weighted by molar-refractivity contribution is -0.149. The predicted octanol–water partition coefficient (Wildman–Crippen LogP) is 3.08. The van der Waals surface area contributed by atoms with Gasteiger partial charge in [-0.3, -0.25) is 4.79 Å². The molecule has 0 saturated carbocycles. The molecule has 0 amide bonds. The van der Waals surface area contributed by atoms with E-state index in [2.05, 4.69) is 0 Å².